The molecule has 27 heavy (non-hydrogen) atoms. The lowest BCUT2D eigenvalue weighted by Gasteiger charge is -2.35. The molecule has 0 spiro atoms. The normalized spacial score (nSPS) is 15.4. The molecule has 0 saturated carbocycles. The number of carbonyl (C=O) groups excluding carboxylic acids is 1. The van der Waals surface area contributed by atoms with Crippen LogP contribution in [0.4, 0.5) is 4.79 Å². The molecule has 1 fully saturated rings. The summed E-state index contributed by atoms with van der Waals surface area (Å²) in [7, 11) is 0. The van der Waals surface area contributed by atoms with Crippen molar-refractivity contribution in [1.29, 1.82) is 0 Å². The summed E-state index contributed by atoms with van der Waals surface area (Å²) in [4.78, 5) is 24.4. The molecular formula is C20H26N4O3. The number of carbonyl (C=O) groups is 1. The number of amides is 1. The predicted molar refractivity (Wildman–Crippen MR) is 102 cm³/mol. The number of piperazine rings is 1. The number of benzene rings is 1. The first-order chi connectivity index (χ1) is 12.9. The first-order valence-corrected chi connectivity index (χ1v) is 9.13. The highest BCUT2D eigenvalue weighted by atomic mass is 16.6. The molecule has 0 radical (unpaired) electrons. The maximum atomic E-state index is 12.2. The maximum absolute atomic E-state index is 12.2. The number of nitrogens with zero attached hydrogens (tertiary/aromatic N) is 4. The molecule has 7 heteroatoms. The Hall–Kier alpha value is -2.67. The smallest absolute Gasteiger partial charge is 0.410 e. The summed E-state index contributed by atoms with van der Waals surface area (Å²) in [5.74, 6) is 0.714. The van der Waals surface area contributed by atoms with Crippen LogP contribution in [0.2, 0.25) is 0 Å². The molecule has 1 aromatic carbocycles. The summed E-state index contributed by atoms with van der Waals surface area (Å²) in [6.45, 7) is 9.42. The molecule has 7 nitrogen and oxygen atoms in total. The molecule has 2 heterocycles. The Morgan fingerprint density at radius 1 is 1.07 bits per heavy atom. The summed E-state index contributed by atoms with van der Waals surface area (Å²) in [5, 5.41) is 0. The van der Waals surface area contributed by atoms with E-state index in [1.165, 1.54) is 0 Å². The molecule has 1 aliphatic heterocycles. The second-order valence-corrected chi connectivity index (χ2v) is 7.52. The minimum Gasteiger partial charge on any atom is -0.444 e. The largest absolute Gasteiger partial charge is 0.444 e. The average Bonchev–Trinajstić information content (AvgIpc) is 2.62. The lowest BCUT2D eigenvalue weighted by molar-refractivity contribution is 0.0139. The van der Waals surface area contributed by atoms with Gasteiger partial charge in [-0.1, -0.05) is 12.1 Å². The second-order valence-electron chi connectivity index (χ2n) is 7.52. The highest BCUT2D eigenvalue weighted by Crippen LogP contribution is 2.20. The van der Waals surface area contributed by atoms with Gasteiger partial charge in [-0.15, -0.1) is 0 Å². The van der Waals surface area contributed by atoms with E-state index in [1.807, 2.05) is 39.0 Å². The summed E-state index contributed by atoms with van der Waals surface area (Å²) in [5.41, 5.74) is 0.686. The SMILES string of the molecule is CC(C)(C)OC(=O)N1CCN(Cc2cccc(Oc3ncccn3)c2)CC1. The Balaban J connectivity index is 1.52. The Kier molecular flexibility index (Phi) is 5.91. The van der Waals surface area contributed by atoms with Crippen molar-refractivity contribution in [3.8, 4) is 11.8 Å². The zero-order valence-electron chi connectivity index (χ0n) is 16.1. The zero-order chi connectivity index (χ0) is 19.3. The molecule has 0 atom stereocenters. The lowest BCUT2D eigenvalue weighted by Crippen LogP contribution is -2.49. The zero-order valence-corrected chi connectivity index (χ0v) is 16.1. The fourth-order valence-electron chi connectivity index (χ4n) is 2.82. The third-order valence-electron chi connectivity index (χ3n) is 4.08. The highest BCUT2D eigenvalue weighted by Gasteiger charge is 2.25. The van der Waals surface area contributed by atoms with E-state index < -0.39 is 5.60 Å². The summed E-state index contributed by atoms with van der Waals surface area (Å²) in [6.07, 6.45) is 3.06. The van der Waals surface area contributed by atoms with E-state index in [1.54, 1.807) is 23.4 Å². The van der Waals surface area contributed by atoms with Gasteiger partial charge in [0.2, 0.25) is 0 Å². The van der Waals surface area contributed by atoms with Crippen molar-refractivity contribution >= 4 is 6.09 Å². The third kappa shape index (κ3) is 5.92. The number of rotatable bonds is 4. The van der Waals surface area contributed by atoms with Gasteiger partial charge in [0.05, 0.1) is 0 Å². The number of hydrogen-bond acceptors (Lipinski definition) is 6. The highest BCUT2D eigenvalue weighted by molar-refractivity contribution is 5.68. The van der Waals surface area contributed by atoms with Crippen LogP contribution >= 0.6 is 0 Å². The number of hydrogen-bond donors (Lipinski definition) is 0. The quantitative estimate of drug-likeness (QED) is 0.822. The number of ether oxygens (including phenoxy) is 2. The third-order valence-corrected chi connectivity index (χ3v) is 4.08. The lowest BCUT2D eigenvalue weighted by atomic mass is 10.2. The van der Waals surface area contributed by atoms with Crippen LogP contribution in [0.1, 0.15) is 26.3 Å². The monoisotopic (exact) mass is 370 g/mol. The summed E-state index contributed by atoms with van der Waals surface area (Å²) < 4.78 is 11.1. The van der Waals surface area contributed by atoms with E-state index in [0.717, 1.165) is 25.2 Å². The molecule has 3 rings (SSSR count). The van der Waals surface area contributed by atoms with Gasteiger partial charge < -0.3 is 14.4 Å². The minimum absolute atomic E-state index is 0.236. The van der Waals surface area contributed by atoms with E-state index >= 15 is 0 Å². The van der Waals surface area contributed by atoms with Gasteiger partial charge in [-0.05, 0) is 44.5 Å². The molecule has 0 bridgehead atoms. The van der Waals surface area contributed by atoms with Crippen molar-refractivity contribution in [1.82, 2.24) is 19.8 Å². The van der Waals surface area contributed by atoms with E-state index in [0.29, 0.717) is 24.8 Å². The Morgan fingerprint density at radius 3 is 2.44 bits per heavy atom. The van der Waals surface area contributed by atoms with Gasteiger partial charge in [0.1, 0.15) is 11.4 Å². The fraction of sp³-hybridized carbons (Fsp3) is 0.450. The van der Waals surface area contributed by atoms with E-state index in [9.17, 15) is 4.79 Å². The van der Waals surface area contributed by atoms with Crippen LogP contribution in [0.5, 0.6) is 11.8 Å². The molecule has 144 valence electrons. The van der Waals surface area contributed by atoms with Crippen LogP contribution in [-0.4, -0.2) is 57.6 Å². The average molecular weight is 370 g/mol. The molecule has 1 aromatic heterocycles. The van der Waals surface area contributed by atoms with Crippen molar-refractivity contribution in [3.05, 3.63) is 48.3 Å². The Morgan fingerprint density at radius 2 is 1.78 bits per heavy atom. The molecule has 2 aromatic rings. The fourth-order valence-corrected chi connectivity index (χ4v) is 2.82. The van der Waals surface area contributed by atoms with Crippen LogP contribution in [0.3, 0.4) is 0 Å². The molecule has 1 saturated heterocycles. The summed E-state index contributed by atoms with van der Waals surface area (Å²) in [6, 6.07) is 10.0. The van der Waals surface area contributed by atoms with E-state index in [2.05, 4.69) is 20.9 Å². The molecule has 0 N–H and O–H groups in total. The van der Waals surface area contributed by atoms with Crippen molar-refractivity contribution < 1.29 is 14.3 Å². The van der Waals surface area contributed by atoms with Crippen molar-refractivity contribution in [3.63, 3.8) is 0 Å². The maximum Gasteiger partial charge on any atom is 0.410 e. The van der Waals surface area contributed by atoms with Crippen LogP contribution in [0, 0.1) is 0 Å². The van der Waals surface area contributed by atoms with Gasteiger partial charge in [-0.25, -0.2) is 14.8 Å². The molecule has 0 unspecified atom stereocenters. The van der Waals surface area contributed by atoms with Gasteiger partial charge in [0.15, 0.2) is 0 Å². The van der Waals surface area contributed by atoms with Gasteiger partial charge in [-0.3, -0.25) is 4.90 Å². The first kappa shape index (κ1) is 19.1. The molecule has 1 aliphatic rings. The van der Waals surface area contributed by atoms with Gasteiger partial charge in [0, 0.05) is 45.1 Å². The second kappa shape index (κ2) is 8.35. The van der Waals surface area contributed by atoms with Crippen molar-refractivity contribution in [2.45, 2.75) is 32.9 Å². The van der Waals surface area contributed by atoms with Crippen LogP contribution in [-0.2, 0) is 11.3 Å². The standard InChI is InChI=1S/C20H26N4O3/c1-20(2,3)27-19(25)24-12-10-23(11-13-24)15-16-6-4-7-17(14-16)26-18-21-8-5-9-22-18/h4-9,14H,10-13,15H2,1-3H3. The van der Waals surface area contributed by atoms with Crippen molar-refractivity contribution in [2.24, 2.45) is 0 Å². The predicted octanol–water partition coefficient (Wildman–Crippen LogP) is 3.32. The molecule has 1 amide bonds. The topological polar surface area (TPSA) is 67.8 Å². The summed E-state index contributed by atoms with van der Waals surface area (Å²) >= 11 is 0. The van der Waals surface area contributed by atoms with Crippen molar-refractivity contribution in [2.75, 3.05) is 26.2 Å². The van der Waals surface area contributed by atoms with Gasteiger partial charge >= 0.3 is 12.1 Å². The number of aromatic nitrogens is 2. The van der Waals surface area contributed by atoms with Gasteiger partial charge in [0.25, 0.3) is 0 Å². The van der Waals surface area contributed by atoms with Crippen LogP contribution in [0.25, 0.3) is 0 Å². The Labute approximate surface area is 159 Å². The molecule has 0 aliphatic carbocycles. The van der Waals surface area contributed by atoms with E-state index in [-0.39, 0.29) is 6.09 Å². The van der Waals surface area contributed by atoms with Crippen LogP contribution in [0.15, 0.2) is 42.7 Å². The van der Waals surface area contributed by atoms with Gasteiger partial charge in [-0.2, -0.15) is 0 Å². The minimum atomic E-state index is -0.461. The van der Waals surface area contributed by atoms with Crippen LogP contribution < -0.4 is 4.74 Å². The molecular weight excluding hydrogens is 344 g/mol. The van der Waals surface area contributed by atoms with E-state index in [4.69, 9.17) is 9.47 Å². The Bertz CT molecular complexity index is 753. The first-order valence-electron chi connectivity index (χ1n) is 9.13.